The van der Waals surface area contributed by atoms with Gasteiger partial charge >= 0.3 is 0 Å². The van der Waals surface area contributed by atoms with Gasteiger partial charge in [0.25, 0.3) is 0 Å². The Bertz CT molecular complexity index is 378. The highest BCUT2D eigenvalue weighted by molar-refractivity contribution is 9.10. The summed E-state index contributed by atoms with van der Waals surface area (Å²) < 4.78 is 19.5. The van der Waals surface area contributed by atoms with Crippen molar-refractivity contribution in [3.05, 3.63) is 28.0 Å². The van der Waals surface area contributed by atoms with Crippen LogP contribution in [0, 0.1) is 5.82 Å². The van der Waals surface area contributed by atoms with Crippen LogP contribution >= 0.6 is 15.9 Å². The van der Waals surface area contributed by atoms with Gasteiger partial charge in [-0.25, -0.2) is 4.39 Å². The van der Waals surface area contributed by atoms with Crippen LogP contribution in [-0.2, 0) is 0 Å². The molecular weight excluding hydrogens is 273 g/mol. The number of hydrogen-bond acceptors (Lipinski definition) is 2. The van der Waals surface area contributed by atoms with Crippen LogP contribution in [0.1, 0.15) is 30.9 Å². The SMILES string of the molecule is COc1ccc(C2CCCCN2)c(F)c1Br. The van der Waals surface area contributed by atoms with Gasteiger partial charge in [-0.15, -0.1) is 0 Å². The van der Waals surface area contributed by atoms with Crippen molar-refractivity contribution in [2.24, 2.45) is 0 Å². The summed E-state index contributed by atoms with van der Waals surface area (Å²) in [6.07, 6.45) is 3.33. The Morgan fingerprint density at radius 1 is 1.44 bits per heavy atom. The van der Waals surface area contributed by atoms with Gasteiger partial charge in [0.2, 0.25) is 0 Å². The Kier molecular flexibility index (Phi) is 3.82. The molecule has 0 amide bonds. The molecule has 88 valence electrons. The summed E-state index contributed by atoms with van der Waals surface area (Å²) in [4.78, 5) is 0. The standard InChI is InChI=1S/C12H15BrFNO/c1-16-10-6-5-8(12(14)11(10)13)9-4-2-3-7-15-9/h5-6,9,15H,2-4,7H2,1H3. The predicted octanol–water partition coefficient (Wildman–Crippen LogP) is 3.41. The van der Waals surface area contributed by atoms with Crippen molar-refractivity contribution >= 4 is 15.9 Å². The maximum atomic E-state index is 14.1. The third-order valence-corrected chi connectivity index (χ3v) is 3.72. The first kappa shape index (κ1) is 11.9. The molecule has 1 heterocycles. The number of benzene rings is 1. The first-order valence-electron chi connectivity index (χ1n) is 5.49. The quantitative estimate of drug-likeness (QED) is 0.900. The topological polar surface area (TPSA) is 21.3 Å². The maximum Gasteiger partial charge on any atom is 0.145 e. The maximum absolute atomic E-state index is 14.1. The number of halogens is 2. The monoisotopic (exact) mass is 287 g/mol. The molecule has 1 aromatic rings. The van der Waals surface area contributed by atoms with E-state index < -0.39 is 0 Å². The molecule has 0 aromatic heterocycles. The molecule has 1 aromatic carbocycles. The Morgan fingerprint density at radius 3 is 2.88 bits per heavy atom. The van der Waals surface area contributed by atoms with E-state index in [1.807, 2.05) is 6.07 Å². The lowest BCUT2D eigenvalue weighted by Gasteiger charge is -2.24. The van der Waals surface area contributed by atoms with Crippen LogP contribution in [0.3, 0.4) is 0 Å². The van der Waals surface area contributed by atoms with E-state index in [1.54, 1.807) is 6.07 Å². The van der Waals surface area contributed by atoms with Crippen LogP contribution in [0.2, 0.25) is 0 Å². The van der Waals surface area contributed by atoms with Gasteiger partial charge in [-0.2, -0.15) is 0 Å². The number of hydrogen-bond donors (Lipinski definition) is 1. The van der Waals surface area contributed by atoms with Crippen molar-refractivity contribution in [3.63, 3.8) is 0 Å². The Labute approximate surface area is 103 Å². The van der Waals surface area contributed by atoms with Crippen LogP contribution in [0.4, 0.5) is 4.39 Å². The molecule has 16 heavy (non-hydrogen) atoms. The zero-order valence-corrected chi connectivity index (χ0v) is 10.8. The highest BCUT2D eigenvalue weighted by Crippen LogP contribution is 2.34. The van der Waals surface area contributed by atoms with Crippen LogP contribution in [0.25, 0.3) is 0 Å². The van der Waals surface area contributed by atoms with Crippen molar-refractivity contribution in [1.29, 1.82) is 0 Å². The van der Waals surface area contributed by atoms with Gasteiger partial charge in [-0.3, -0.25) is 0 Å². The molecule has 1 unspecified atom stereocenters. The summed E-state index contributed by atoms with van der Waals surface area (Å²) in [5.74, 6) is 0.329. The van der Waals surface area contributed by atoms with E-state index in [0.29, 0.717) is 10.2 Å². The number of rotatable bonds is 2. The highest BCUT2D eigenvalue weighted by Gasteiger charge is 2.21. The second-order valence-electron chi connectivity index (χ2n) is 3.99. The smallest absolute Gasteiger partial charge is 0.145 e. The van der Waals surface area contributed by atoms with Gasteiger partial charge < -0.3 is 10.1 Å². The van der Waals surface area contributed by atoms with E-state index in [1.165, 1.54) is 13.5 Å². The number of methoxy groups -OCH3 is 1. The molecule has 2 nitrogen and oxygen atoms in total. The first-order valence-corrected chi connectivity index (χ1v) is 6.28. The zero-order chi connectivity index (χ0) is 11.5. The van der Waals surface area contributed by atoms with Gasteiger partial charge in [0, 0.05) is 11.6 Å². The van der Waals surface area contributed by atoms with Crippen molar-refractivity contribution in [2.75, 3.05) is 13.7 Å². The Hall–Kier alpha value is -0.610. The van der Waals surface area contributed by atoms with Crippen LogP contribution in [0.5, 0.6) is 5.75 Å². The van der Waals surface area contributed by atoms with Crippen LogP contribution in [0.15, 0.2) is 16.6 Å². The summed E-state index contributed by atoms with van der Waals surface area (Å²) in [7, 11) is 1.54. The highest BCUT2D eigenvalue weighted by atomic mass is 79.9. The first-order chi connectivity index (χ1) is 7.74. The van der Waals surface area contributed by atoms with Crippen molar-refractivity contribution in [3.8, 4) is 5.75 Å². The van der Waals surface area contributed by atoms with Crippen LogP contribution in [-0.4, -0.2) is 13.7 Å². The minimum Gasteiger partial charge on any atom is -0.495 e. The number of ether oxygens (including phenoxy) is 1. The minimum absolute atomic E-state index is 0.135. The van der Waals surface area contributed by atoms with E-state index >= 15 is 0 Å². The van der Waals surface area contributed by atoms with Gasteiger partial charge in [0.1, 0.15) is 11.6 Å². The molecule has 0 aliphatic carbocycles. The van der Waals surface area contributed by atoms with Crippen molar-refractivity contribution in [2.45, 2.75) is 25.3 Å². The fraction of sp³-hybridized carbons (Fsp3) is 0.500. The predicted molar refractivity (Wildman–Crippen MR) is 65.2 cm³/mol. The van der Waals surface area contributed by atoms with Gasteiger partial charge in [-0.05, 0) is 41.4 Å². The lowest BCUT2D eigenvalue weighted by atomic mass is 9.97. The molecule has 0 bridgehead atoms. The summed E-state index contributed by atoms with van der Waals surface area (Å²) in [5.41, 5.74) is 0.729. The molecule has 1 atom stereocenters. The van der Waals surface area contributed by atoms with Crippen molar-refractivity contribution < 1.29 is 9.13 Å². The van der Waals surface area contributed by atoms with E-state index in [2.05, 4.69) is 21.2 Å². The lowest BCUT2D eigenvalue weighted by Crippen LogP contribution is -2.27. The van der Waals surface area contributed by atoms with E-state index in [-0.39, 0.29) is 11.9 Å². The summed E-state index contributed by atoms with van der Waals surface area (Å²) >= 11 is 3.23. The second-order valence-corrected chi connectivity index (χ2v) is 4.78. The summed E-state index contributed by atoms with van der Waals surface area (Å²) in [6, 6.07) is 3.75. The third kappa shape index (κ3) is 2.23. The average Bonchev–Trinajstić information content (AvgIpc) is 2.34. The fourth-order valence-electron chi connectivity index (χ4n) is 2.09. The largest absolute Gasteiger partial charge is 0.495 e. The molecule has 1 aliphatic heterocycles. The molecule has 0 radical (unpaired) electrons. The molecular formula is C12H15BrFNO. The molecule has 0 saturated carbocycles. The summed E-state index contributed by atoms with van der Waals surface area (Å²) in [5, 5.41) is 3.34. The average molecular weight is 288 g/mol. The fourth-order valence-corrected chi connectivity index (χ4v) is 2.61. The molecule has 2 rings (SSSR count). The second kappa shape index (κ2) is 5.15. The third-order valence-electron chi connectivity index (χ3n) is 2.98. The van der Waals surface area contributed by atoms with Gasteiger partial charge in [0.05, 0.1) is 11.6 Å². The molecule has 1 N–H and O–H groups in total. The van der Waals surface area contributed by atoms with E-state index in [9.17, 15) is 4.39 Å². The lowest BCUT2D eigenvalue weighted by molar-refractivity contribution is 0.389. The number of piperidine rings is 1. The normalized spacial score (nSPS) is 20.8. The minimum atomic E-state index is -0.209. The van der Waals surface area contributed by atoms with Crippen molar-refractivity contribution in [1.82, 2.24) is 5.32 Å². The molecule has 1 aliphatic rings. The zero-order valence-electron chi connectivity index (χ0n) is 9.22. The molecule has 4 heteroatoms. The molecule has 0 spiro atoms. The molecule has 1 fully saturated rings. The Morgan fingerprint density at radius 2 is 2.25 bits per heavy atom. The molecule has 1 saturated heterocycles. The van der Waals surface area contributed by atoms with Gasteiger partial charge in [-0.1, -0.05) is 12.5 Å². The number of nitrogens with one attached hydrogen (secondary N) is 1. The Balaban J connectivity index is 2.30. The summed E-state index contributed by atoms with van der Waals surface area (Å²) in [6.45, 7) is 0.966. The van der Waals surface area contributed by atoms with E-state index in [0.717, 1.165) is 24.9 Å². The van der Waals surface area contributed by atoms with Gasteiger partial charge in [0.15, 0.2) is 0 Å². The van der Waals surface area contributed by atoms with Crippen LogP contribution < -0.4 is 10.1 Å². The van der Waals surface area contributed by atoms with E-state index in [4.69, 9.17) is 4.74 Å².